The molecule has 1 unspecified atom stereocenters. The van der Waals surface area contributed by atoms with E-state index in [1.807, 2.05) is 41.3 Å². The summed E-state index contributed by atoms with van der Waals surface area (Å²) in [5.41, 5.74) is 2.93. The Labute approximate surface area is 163 Å². The summed E-state index contributed by atoms with van der Waals surface area (Å²) in [6, 6.07) is 13.1. The van der Waals surface area contributed by atoms with Gasteiger partial charge in [-0.3, -0.25) is 14.9 Å². The quantitative estimate of drug-likeness (QED) is 0.738. The number of ether oxygens (including phenoxy) is 2. The number of nitrogens with zero attached hydrogens (tertiary/aromatic N) is 3. The van der Waals surface area contributed by atoms with Crippen LogP contribution in [-0.2, 0) is 0 Å². The van der Waals surface area contributed by atoms with E-state index in [2.05, 4.69) is 15.2 Å². The molecule has 1 aliphatic rings. The molecule has 0 bridgehead atoms. The van der Waals surface area contributed by atoms with Gasteiger partial charge in [0.2, 0.25) is 0 Å². The molecule has 3 heterocycles. The fourth-order valence-corrected chi connectivity index (χ4v) is 3.60. The van der Waals surface area contributed by atoms with Gasteiger partial charge in [0.05, 0.1) is 19.9 Å². The highest BCUT2D eigenvalue weighted by Gasteiger charge is 2.30. The number of aromatic nitrogens is 3. The number of nitrogens with one attached hydrogen (secondary N) is 1. The first kappa shape index (κ1) is 18.0. The van der Waals surface area contributed by atoms with Gasteiger partial charge in [0, 0.05) is 30.8 Å². The molecule has 3 aromatic rings. The van der Waals surface area contributed by atoms with Crippen molar-refractivity contribution in [2.75, 3.05) is 27.3 Å². The molecule has 1 aromatic carbocycles. The van der Waals surface area contributed by atoms with Gasteiger partial charge in [-0.2, -0.15) is 5.10 Å². The highest BCUT2D eigenvalue weighted by atomic mass is 16.5. The van der Waals surface area contributed by atoms with Crippen LogP contribution in [0.1, 0.15) is 28.4 Å². The number of amides is 1. The van der Waals surface area contributed by atoms with E-state index in [-0.39, 0.29) is 11.8 Å². The molecular weight excluding hydrogens is 356 g/mol. The molecule has 7 heteroatoms. The SMILES string of the molecule is COc1ccc(OC)c(C2CCN(C(=O)c3cc(-c4ccccn4)n[nH]3)C2)c1. The minimum absolute atomic E-state index is 0.0564. The van der Waals surface area contributed by atoms with Gasteiger partial charge in [-0.05, 0) is 42.8 Å². The van der Waals surface area contributed by atoms with E-state index < -0.39 is 0 Å². The van der Waals surface area contributed by atoms with Crippen LogP contribution in [0.15, 0.2) is 48.7 Å². The predicted molar refractivity (Wildman–Crippen MR) is 105 cm³/mol. The molecule has 1 saturated heterocycles. The Morgan fingerprint density at radius 2 is 2.04 bits per heavy atom. The third-order valence-corrected chi connectivity index (χ3v) is 5.09. The molecular formula is C21H22N4O3. The van der Waals surface area contributed by atoms with Crippen LogP contribution in [0.5, 0.6) is 11.5 Å². The molecule has 1 atom stereocenters. The maximum absolute atomic E-state index is 12.9. The minimum atomic E-state index is -0.0564. The summed E-state index contributed by atoms with van der Waals surface area (Å²) in [4.78, 5) is 19.0. The third kappa shape index (κ3) is 3.43. The van der Waals surface area contributed by atoms with Crippen LogP contribution in [0, 0.1) is 0 Å². The Morgan fingerprint density at radius 1 is 1.14 bits per heavy atom. The summed E-state index contributed by atoms with van der Waals surface area (Å²) >= 11 is 0. The van der Waals surface area contributed by atoms with Crippen LogP contribution < -0.4 is 9.47 Å². The summed E-state index contributed by atoms with van der Waals surface area (Å²) < 4.78 is 10.9. The largest absolute Gasteiger partial charge is 0.497 e. The van der Waals surface area contributed by atoms with Crippen LogP contribution in [0.2, 0.25) is 0 Å². The number of carbonyl (C=O) groups excluding carboxylic acids is 1. The van der Waals surface area contributed by atoms with Crippen LogP contribution in [0.25, 0.3) is 11.4 Å². The maximum Gasteiger partial charge on any atom is 0.271 e. The number of H-pyrrole nitrogens is 1. The molecule has 2 aromatic heterocycles. The molecule has 1 amide bonds. The molecule has 1 aliphatic heterocycles. The van der Waals surface area contributed by atoms with Gasteiger partial charge >= 0.3 is 0 Å². The second kappa shape index (κ2) is 7.72. The van der Waals surface area contributed by atoms with E-state index in [0.29, 0.717) is 24.5 Å². The van der Waals surface area contributed by atoms with Gasteiger partial charge in [-0.15, -0.1) is 0 Å². The van der Waals surface area contributed by atoms with Gasteiger partial charge in [0.25, 0.3) is 5.91 Å². The number of hydrogen-bond donors (Lipinski definition) is 1. The molecule has 1 N–H and O–H groups in total. The van der Waals surface area contributed by atoms with E-state index in [9.17, 15) is 4.79 Å². The Hall–Kier alpha value is -3.35. The number of carbonyl (C=O) groups is 1. The zero-order chi connectivity index (χ0) is 19.5. The summed E-state index contributed by atoms with van der Waals surface area (Å²) in [5, 5.41) is 7.09. The highest BCUT2D eigenvalue weighted by Crippen LogP contribution is 2.36. The van der Waals surface area contributed by atoms with Crippen molar-refractivity contribution in [3.05, 3.63) is 59.9 Å². The van der Waals surface area contributed by atoms with Crippen LogP contribution in [-0.4, -0.2) is 53.3 Å². The molecule has 0 aliphatic carbocycles. The maximum atomic E-state index is 12.9. The molecule has 7 nitrogen and oxygen atoms in total. The first-order chi connectivity index (χ1) is 13.7. The number of pyridine rings is 1. The van der Waals surface area contributed by atoms with Gasteiger partial charge in [0.1, 0.15) is 22.9 Å². The average molecular weight is 378 g/mol. The smallest absolute Gasteiger partial charge is 0.271 e. The second-order valence-corrected chi connectivity index (χ2v) is 6.73. The Morgan fingerprint density at radius 3 is 2.79 bits per heavy atom. The summed E-state index contributed by atoms with van der Waals surface area (Å²) in [6.45, 7) is 1.31. The normalized spacial score (nSPS) is 16.2. The van der Waals surface area contributed by atoms with Gasteiger partial charge < -0.3 is 14.4 Å². The van der Waals surface area contributed by atoms with Crippen molar-refractivity contribution in [3.63, 3.8) is 0 Å². The van der Waals surface area contributed by atoms with Crippen molar-refractivity contribution >= 4 is 5.91 Å². The molecule has 144 valence electrons. The molecule has 0 radical (unpaired) electrons. The van der Waals surface area contributed by atoms with Crippen molar-refractivity contribution in [1.29, 1.82) is 0 Å². The molecule has 28 heavy (non-hydrogen) atoms. The molecule has 0 spiro atoms. The van der Waals surface area contributed by atoms with Gasteiger partial charge in [-0.1, -0.05) is 6.07 Å². The minimum Gasteiger partial charge on any atom is -0.497 e. The second-order valence-electron chi connectivity index (χ2n) is 6.73. The van der Waals surface area contributed by atoms with E-state index >= 15 is 0 Å². The fourth-order valence-electron chi connectivity index (χ4n) is 3.60. The lowest BCUT2D eigenvalue weighted by Crippen LogP contribution is -2.28. The van der Waals surface area contributed by atoms with E-state index in [0.717, 1.165) is 29.2 Å². The number of rotatable bonds is 5. The number of likely N-dealkylation sites (tertiary alicyclic amines) is 1. The molecule has 4 rings (SSSR count). The lowest BCUT2D eigenvalue weighted by molar-refractivity contribution is 0.0785. The topological polar surface area (TPSA) is 80.3 Å². The monoisotopic (exact) mass is 378 g/mol. The Kier molecular flexibility index (Phi) is 4.97. The van der Waals surface area contributed by atoms with Crippen molar-refractivity contribution in [2.24, 2.45) is 0 Å². The van der Waals surface area contributed by atoms with Crippen molar-refractivity contribution < 1.29 is 14.3 Å². The standard InChI is InChI=1S/C21H22N4O3/c1-27-15-6-7-20(28-2)16(11-15)14-8-10-25(13-14)21(26)19-12-18(23-24-19)17-5-3-4-9-22-17/h3-7,9,11-12,14H,8,10,13H2,1-2H3,(H,23,24). The van der Waals surface area contributed by atoms with Crippen LogP contribution in [0.3, 0.4) is 0 Å². The summed E-state index contributed by atoms with van der Waals surface area (Å²) in [6.07, 6.45) is 2.58. The Balaban J connectivity index is 1.50. The number of hydrogen-bond acceptors (Lipinski definition) is 5. The van der Waals surface area contributed by atoms with Crippen molar-refractivity contribution in [2.45, 2.75) is 12.3 Å². The summed E-state index contributed by atoms with van der Waals surface area (Å²) in [5.74, 6) is 1.75. The fraction of sp³-hybridized carbons (Fsp3) is 0.286. The lowest BCUT2D eigenvalue weighted by atomic mass is 9.97. The zero-order valence-corrected chi connectivity index (χ0v) is 15.9. The van der Waals surface area contributed by atoms with E-state index in [1.165, 1.54) is 0 Å². The summed E-state index contributed by atoms with van der Waals surface area (Å²) in [7, 11) is 3.31. The Bertz CT molecular complexity index is 971. The first-order valence-corrected chi connectivity index (χ1v) is 9.17. The highest BCUT2D eigenvalue weighted by molar-refractivity contribution is 5.93. The molecule has 0 saturated carbocycles. The number of benzene rings is 1. The van der Waals surface area contributed by atoms with E-state index in [1.54, 1.807) is 26.5 Å². The van der Waals surface area contributed by atoms with Crippen LogP contribution in [0.4, 0.5) is 0 Å². The van der Waals surface area contributed by atoms with Crippen LogP contribution >= 0.6 is 0 Å². The number of aromatic amines is 1. The lowest BCUT2D eigenvalue weighted by Gasteiger charge is -2.18. The van der Waals surface area contributed by atoms with Crippen molar-refractivity contribution in [3.8, 4) is 22.9 Å². The van der Waals surface area contributed by atoms with Gasteiger partial charge in [-0.25, -0.2) is 0 Å². The average Bonchev–Trinajstić information content (AvgIpc) is 3.43. The molecule has 1 fully saturated rings. The van der Waals surface area contributed by atoms with Gasteiger partial charge in [0.15, 0.2) is 0 Å². The predicted octanol–water partition coefficient (Wildman–Crippen LogP) is 3.12. The van der Waals surface area contributed by atoms with Crippen molar-refractivity contribution in [1.82, 2.24) is 20.1 Å². The zero-order valence-electron chi connectivity index (χ0n) is 15.9. The van der Waals surface area contributed by atoms with E-state index in [4.69, 9.17) is 9.47 Å². The third-order valence-electron chi connectivity index (χ3n) is 5.09. The first-order valence-electron chi connectivity index (χ1n) is 9.17. The number of methoxy groups -OCH3 is 2.